The van der Waals surface area contributed by atoms with Gasteiger partial charge in [0.2, 0.25) is 0 Å². The van der Waals surface area contributed by atoms with Crippen molar-refractivity contribution >= 4 is 17.8 Å². The molecule has 0 unspecified atom stereocenters. The molecule has 0 aliphatic rings. The molecule has 0 spiro atoms. The summed E-state index contributed by atoms with van der Waals surface area (Å²) in [6, 6.07) is 17.8. The predicted octanol–water partition coefficient (Wildman–Crippen LogP) is 3.90. The van der Waals surface area contributed by atoms with Crippen LogP contribution in [0.1, 0.15) is 17.3 Å². The first-order chi connectivity index (χ1) is 11.8. The van der Waals surface area contributed by atoms with Crippen LogP contribution in [0.15, 0.2) is 59.1 Å². The normalized spacial score (nSPS) is 10.9. The Bertz CT molecular complexity index is 780. The monoisotopic (exact) mass is 321 g/mol. The van der Waals surface area contributed by atoms with Crippen molar-refractivity contribution in [2.75, 3.05) is 19.0 Å². The fraction of sp³-hybridized carbons (Fsp3) is 0.158. The van der Waals surface area contributed by atoms with E-state index >= 15 is 0 Å². The molecule has 3 aromatic rings. The summed E-state index contributed by atoms with van der Waals surface area (Å²) in [5.41, 5.74) is 2.13. The standard InChI is InChI=1S/C19H19N3O2/c1-23-17-10-7-15(8-11-17)9-12-19-21-18(22-24-19)13-14-20-16-5-3-2-4-6-16/h2-12,20H,13-14H2,1H3/b12-9+. The van der Waals surface area contributed by atoms with Crippen LogP contribution >= 0.6 is 0 Å². The highest BCUT2D eigenvalue weighted by Crippen LogP contribution is 2.13. The van der Waals surface area contributed by atoms with Gasteiger partial charge in [0.15, 0.2) is 5.82 Å². The van der Waals surface area contributed by atoms with Crippen molar-refractivity contribution in [3.05, 3.63) is 71.9 Å². The minimum Gasteiger partial charge on any atom is -0.497 e. The van der Waals surface area contributed by atoms with Crippen LogP contribution in [0.2, 0.25) is 0 Å². The van der Waals surface area contributed by atoms with Crippen molar-refractivity contribution in [3.8, 4) is 5.75 Å². The average Bonchev–Trinajstić information content (AvgIpc) is 3.09. The largest absolute Gasteiger partial charge is 0.497 e. The first-order valence-electron chi connectivity index (χ1n) is 7.77. The number of methoxy groups -OCH3 is 1. The molecule has 24 heavy (non-hydrogen) atoms. The molecule has 0 atom stereocenters. The van der Waals surface area contributed by atoms with E-state index in [1.807, 2.05) is 66.7 Å². The number of para-hydroxylation sites is 1. The molecule has 0 saturated heterocycles. The Balaban J connectivity index is 1.52. The number of nitrogens with one attached hydrogen (secondary N) is 1. The van der Waals surface area contributed by atoms with Crippen LogP contribution in [0.5, 0.6) is 5.75 Å². The maximum absolute atomic E-state index is 5.23. The number of hydrogen-bond acceptors (Lipinski definition) is 5. The van der Waals surface area contributed by atoms with Crippen molar-refractivity contribution in [3.63, 3.8) is 0 Å². The van der Waals surface area contributed by atoms with Crippen molar-refractivity contribution in [1.29, 1.82) is 0 Å². The molecule has 0 radical (unpaired) electrons. The molecule has 2 aromatic carbocycles. The first-order valence-corrected chi connectivity index (χ1v) is 7.77. The quantitative estimate of drug-likeness (QED) is 0.715. The molecular weight excluding hydrogens is 302 g/mol. The highest BCUT2D eigenvalue weighted by molar-refractivity contribution is 5.66. The number of anilines is 1. The van der Waals surface area contributed by atoms with Crippen molar-refractivity contribution in [1.82, 2.24) is 10.1 Å². The third-order valence-corrected chi connectivity index (χ3v) is 3.47. The van der Waals surface area contributed by atoms with E-state index in [1.54, 1.807) is 7.11 Å². The van der Waals surface area contributed by atoms with Gasteiger partial charge in [0, 0.05) is 24.7 Å². The summed E-state index contributed by atoms with van der Waals surface area (Å²) in [6.45, 7) is 0.755. The van der Waals surface area contributed by atoms with Gasteiger partial charge in [-0.15, -0.1) is 0 Å². The van der Waals surface area contributed by atoms with E-state index in [0.29, 0.717) is 18.1 Å². The number of rotatable bonds is 7. The zero-order valence-electron chi connectivity index (χ0n) is 13.5. The molecule has 5 heteroatoms. The highest BCUT2D eigenvalue weighted by Gasteiger charge is 2.03. The molecule has 1 N–H and O–H groups in total. The summed E-state index contributed by atoms with van der Waals surface area (Å²) in [5, 5.41) is 7.31. The number of ether oxygens (including phenoxy) is 1. The fourth-order valence-corrected chi connectivity index (χ4v) is 2.19. The Kier molecular flexibility index (Phi) is 5.24. The van der Waals surface area contributed by atoms with E-state index in [9.17, 15) is 0 Å². The van der Waals surface area contributed by atoms with Gasteiger partial charge in [-0.2, -0.15) is 4.98 Å². The molecule has 0 amide bonds. The SMILES string of the molecule is COc1ccc(/C=C/c2nc(CCNc3ccccc3)no2)cc1. The van der Waals surface area contributed by atoms with Crippen LogP contribution in [0, 0.1) is 0 Å². The van der Waals surface area contributed by atoms with E-state index in [-0.39, 0.29) is 0 Å². The van der Waals surface area contributed by atoms with Crippen LogP contribution in [0.4, 0.5) is 5.69 Å². The van der Waals surface area contributed by atoms with Gasteiger partial charge in [0.1, 0.15) is 5.75 Å². The molecule has 3 rings (SSSR count). The van der Waals surface area contributed by atoms with E-state index < -0.39 is 0 Å². The highest BCUT2D eigenvalue weighted by atomic mass is 16.5. The van der Waals surface area contributed by atoms with Crippen LogP contribution in [-0.2, 0) is 6.42 Å². The molecule has 0 saturated carbocycles. The second-order valence-corrected chi connectivity index (χ2v) is 5.20. The van der Waals surface area contributed by atoms with Gasteiger partial charge < -0.3 is 14.6 Å². The fourth-order valence-electron chi connectivity index (χ4n) is 2.19. The summed E-state index contributed by atoms with van der Waals surface area (Å²) in [7, 11) is 1.65. The lowest BCUT2D eigenvalue weighted by Crippen LogP contribution is -2.05. The number of aromatic nitrogens is 2. The number of nitrogens with zero attached hydrogens (tertiary/aromatic N) is 2. The first kappa shape index (κ1) is 15.8. The summed E-state index contributed by atoms with van der Waals surface area (Å²) >= 11 is 0. The van der Waals surface area contributed by atoms with E-state index in [1.165, 1.54) is 0 Å². The van der Waals surface area contributed by atoms with Crippen molar-refractivity contribution < 1.29 is 9.26 Å². The van der Waals surface area contributed by atoms with E-state index in [0.717, 1.165) is 23.5 Å². The molecule has 1 heterocycles. The average molecular weight is 321 g/mol. The summed E-state index contributed by atoms with van der Waals surface area (Å²) in [5.74, 6) is 2.02. The molecule has 0 fully saturated rings. The molecule has 0 bridgehead atoms. The van der Waals surface area contributed by atoms with Crippen LogP contribution in [0.3, 0.4) is 0 Å². The Morgan fingerprint density at radius 3 is 2.58 bits per heavy atom. The van der Waals surface area contributed by atoms with Gasteiger partial charge in [-0.1, -0.05) is 35.5 Å². The Morgan fingerprint density at radius 2 is 1.83 bits per heavy atom. The maximum Gasteiger partial charge on any atom is 0.250 e. The lowest BCUT2D eigenvalue weighted by atomic mass is 10.2. The van der Waals surface area contributed by atoms with Crippen LogP contribution in [-0.4, -0.2) is 23.8 Å². The van der Waals surface area contributed by atoms with Crippen LogP contribution < -0.4 is 10.1 Å². The summed E-state index contributed by atoms with van der Waals surface area (Å²) < 4.78 is 10.4. The summed E-state index contributed by atoms with van der Waals surface area (Å²) in [6.07, 6.45) is 4.44. The van der Waals surface area contributed by atoms with Gasteiger partial charge in [-0.3, -0.25) is 0 Å². The predicted molar refractivity (Wildman–Crippen MR) is 94.9 cm³/mol. The van der Waals surface area contributed by atoms with Gasteiger partial charge >= 0.3 is 0 Å². The zero-order chi connectivity index (χ0) is 16.6. The van der Waals surface area contributed by atoms with Gasteiger partial charge in [-0.25, -0.2) is 0 Å². The molecule has 0 aliphatic carbocycles. The maximum atomic E-state index is 5.23. The van der Waals surface area contributed by atoms with Gasteiger partial charge in [-0.05, 0) is 35.9 Å². The summed E-state index contributed by atoms with van der Waals surface area (Å²) in [4.78, 5) is 4.36. The van der Waals surface area contributed by atoms with E-state index in [2.05, 4.69) is 15.5 Å². The molecule has 122 valence electrons. The topological polar surface area (TPSA) is 60.2 Å². The Labute approximate surface area is 141 Å². The number of benzene rings is 2. The van der Waals surface area contributed by atoms with Crippen molar-refractivity contribution in [2.24, 2.45) is 0 Å². The molecular formula is C19H19N3O2. The van der Waals surface area contributed by atoms with Gasteiger partial charge in [0.25, 0.3) is 5.89 Å². The van der Waals surface area contributed by atoms with E-state index in [4.69, 9.17) is 9.26 Å². The molecule has 1 aromatic heterocycles. The lowest BCUT2D eigenvalue weighted by molar-refractivity contribution is 0.403. The third-order valence-electron chi connectivity index (χ3n) is 3.47. The minimum atomic E-state index is 0.500. The zero-order valence-corrected chi connectivity index (χ0v) is 13.5. The minimum absolute atomic E-state index is 0.500. The Hall–Kier alpha value is -3.08. The Morgan fingerprint density at radius 1 is 1.04 bits per heavy atom. The second-order valence-electron chi connectivity index (χ2n) is 5.20. The van der Waals surface area contributed by atoms with Gasteiger partial charge in [0.05, 0.1) is 7.11 Å². The third kappa shape index (κ3) is 4.46. The smallest absolute Gasteiger partial charge is 0.250 e. The number of hydrogen-bond donors (Lipinski definition) is 1. The lowest BCUT2D eigenvalue weighted by Gasteiger charge is -2.02. The molecule has 0 aliphatic heterocycles. The van der Waals surface area contributed by atoms with Crippen LogP contribution in [0.25, 0.3) is 12.2 Å². The second kappa shape index (κ2) is 7.97. The molecule has 5 nitrogen and oxygen atoms in total. The van der Waals surface area contributed by atoms with Crippen molar-refractivity contribution in [2.45, 2.75) is 6.42 Å².